The second kappa shape index (κ2) is 9.26. The molecule has 9 heteroatoms. The van der Waals surface area contributed by atoms with Crippen molar-refractivity contribution in [2.75, 3.05) is 51.1 Å². The topological polar surface area (TPSA) is 90.0 Å². The van der Waals surface area contributed by atoms with Gasteiger partial charge in [-0.25, -0.2) is 8.42 Å². The molecule has 1 atom stereocenters. The van der Waals surface area contributed by atoms with Gasteiger partial charge in [0.25, 0.3) is 0 Å². The molecule has 1 aromatic carbocycles. The second-order valence-corrected chi connectivity index (χ2v) is 10.6. The molecule has 170 valence electrons. The molecule has 0 bridgehead atoms. The average molecular weight is 449 g/mol. The van der Waals surface area contributed by atoms with Crippen LogP contribution in [0.5, 0.6) is 0 Å². The van der Waals surface area contributed by atoms with Crippen LogP contribution < -0.4 is 5.32 Å². The number of hydrogen-bond acceptors (Lipinski definition) is 5. The zero-order valence-electron chi connectivity index (χ0n) is 18.2. The molecule has 3 aliphatic rings. The van der Waals surface area contributed by atoms with Crippen LogP contribution in [0.4, 0.5) is 5.69 Å². The molecular formula is C22H32N4O4S. The number of aryl methyl sites for hydroxylation is 1. The Labute approximate surface area is 184 Å². The number of piperazine rings is 1. The van der Waals surface area contributed by atoms with Crippen molar-refractivity contribution in [1.82, 2.24) is 14.1 Å². The van der Waals surface area contributed by atoms with Gasteiger partial charge in [0.05, 0.1) is 10.8 Å². The van der Waals surface area contributed by atoms with Gasteiger partial charge >= 0.3 is 0 Å². The molecule has 1 aromatic rings. The molecule has 31 heavy (non-hydrogen) atoms. The number of rotatable bonds is 4. The zero-order chi connectivity index (χ0) is 22.0. The van der Waals surface area contributed by atoms with Gasteiger partial charge in [-0.1, -0.05) is 6.92 Å². The molecule has 0 radical (unpaired) electrons. The van der Waals surface area contributed by atoms with Crippen molar-refractivity contribution < 1.29 is 18.0 Å². The highest BCUT2D eigenvalue weighted by molar-refractivity contribution is 7.89. The summed E-state index contributed by atoms with van der Waals surface area (Å²) in [5, 5.41) is 2.85. The van der Waals surface area contributed by atoms with Gasteiger partial charge in [0, 0.05) is 51.4 Å². The highest BCUT2D eigenvalue weighted by atomic mass is 32.2. The molecule has 1 N–H and O–H groups in total. The minimum atomic E-state index is -3.69. The van der Waals surface area contributed by atoms with Crippen molar-refractivity contribution in [3.05, 3.63) is 23.8 Å². The van der Waals surface area contributed by atoms with Crippen molar-refractivity contribution in [3.63, 3.8) is 0 Å². The third-order valence-corrected chi connectivity index (χ3v) is 8.56. The second-order valence-electron chi connectivity index (χ2n) is 8.68. The standard InChI is InChI=1S/C22H32N4O4S/c1-2-24-11-13-25(14-12-24)22(28)18-6-4-10-26(16-18)31(29,30)19-8-9-20-17(15-19)5-3-7-21(27)23-20/h8-9,15,18H,2-7,10-14,16H2,1H3,(H,23,27). The van der Waals surface area contributed by atoms with Crippen LogP contribution in [0.15, 0.2) is 23.1 Å². The van der Waals surface area contributed by atoms with Crippen LogP contribution in [0.2, 0.25) is 0 Å². The van der Waals surface area contributed by atoms with Crippen LogP contribution in [0, 0.1) is 5.92 Å². The van der Waals surface area contributed by atoms with Crippen LogP contribution in [0.1, 0.15) is 38.2 Å². The summed E-state index contributed by atoms with van der Waals surface area (Å²) in [5.41, 5.74) is 1.55. The maximum Gasteiger partial charge on any atom is 0.243 e. The molecule has 2 fully saturated rings. The number of likely N-dealkylation sites (N-methyl/N-ethyl adjacent to an activating group) is 1. The minimum Gasteiger partial charge on any atom is -0.340 e. The number of carbonyl (C=O) groups excluding carboxylic acids is 2. The van der Waals surface area contributed by atoms with E-state index in [1.165, 1.54) is 4.31 Å². The van der Waals surface area contributed by atoms with Crippen LogP contribution in [-0.2, 0) is 26.0 Å². The highest BCUT2D eigenvalue weighted by Crippen LogP contribution is 2.29. The number of benzene rings is 1. The van der Waals surface area contributed by atoms with E-state index in [2.05, 4.69) is 17.1 Å². The Hall–Kier alpha value is -1.97. The summed E-state index contributed by atoms with van der Waals surface area (Å²) >= 11 is 0. The van der Waals surface area contributed by atoms with Gasteiger partial charge in [-0.2, -0.15) is 4.31 Å². The Kier molecular flexibility index (Phi) is 6.64. The Bertz CT molecular complexity index is 941. The van der Waals surface area contributed by atoms with Gasteiger partial charge in [0.2, 0.25) is 21.8 Å². The first kappa shape index (κ1) is 22.2. The van der Waals surface area contributed by atoms with Crippen molar-refractivity contribution in [2.24, 2.45) is 5.92 Å². The lowest BCUT2D eigenvalue weighted by atomic mass is 9.98. The first-order valence-electron chi connectivity index (χ1n) is 11.3. The lowest BCUT2D eigenvalue weighted by Gasteiger charge is -2.38. The molecule has 3 aliphatic heterocycles. The number of nitrogens with zero attached hydrogens (tertiary/aromatic N) is 3. The van der Waals surface area contributed by atoms with Crippen LogP contribution in [0.3, 0.4) is 0 Å². The molecule has 0 saturated carbocycles. The third-order valence-electron chi connectivity index (χ3n) is 6.70. The molecule has 4 rings (SSSR count). The third kappa shape index (κ3) is 4.78. The zero-order valence-corrected chi connectivity index (χ0v) is 19.0. The number of sulfonamides is 1. The number of carbonyl (C=O) groups is 2. The van der Waals surface area contributed by atoms with E-state index in [1.807, 2.05) is 4.90 Å². The molecule has 0 spiro atoms. The molecule has 3 heterocycles. The number of amides is 2. The van der Waals surface area contributed by atoms with Crippen LogP contribution in [-0.4, -0.2) is 80.2 Å². The first-order valence-corrected chi connectivity index (χ1v) is 12.8. The van der Waals surface area contributed by atoms with E-state index < -0.39 is 10.0 Å². The quantitative estimate of drug-likeness (QED) is 0.754. The smallest absolute Gasteiger partial charge is 0.243 e. The van der Waals surface area contributed by atoms with E-state index in [-0.39, 0.29) is 29.2 Å². The van der Waals surface area contributed by atoms with Crippen molar-refractivity contribution in [3.8, 4) is 0 Å². The normalized spacial score (nSPS) is 23.7. The molecule has 0 aromatic heterocycles. The molecule has 2 saturated heterocycles. The number of piperidine rings is 1. The minimum absolute atomic E-state index is 0.0356. The summed E-state index contributed by atoms with van der Waals surface area (Å²) < 4.78 is 28.2. The van der Waals surface area contributed by atoms with E-state index in [0.717, 1.165) is 31.6 Å². The van der Waals surface area contributed by atoms with Gasteiger partial charge in [-0.3, -0.25) is 9.59 Å². The van der Waals surface area contributed by atoms with Crippen LogP contribution >= 0.6 is 0 Å². The Morgan fingerprint density at radius 3 is 2.61 bits per heavy atom. The van der Waals surface area contributed by atoms with Gasteiger partial charge in [-0.15, -0.1) is 0 Å². The Balaban J connectivity index is 1.47. The largest absolute Gasteiger partial charge is 0.340 e. The van der Waals surface area contributed by atoms with Crippen LogP contribution in [0.25, 0.3) is 0 Å². The number of nitrogens with one attached hydrogen (secondary N) is 1. The van der Waals surface area contributed by atoms with E-state index in [9.17, 15) is 18.0 Å². The molecule has 1 unspecified atom stereocenters. The average Bonchev–Trinajstić information content (AvgIpc) is 2.98. The van der Waals surface area contributed by atoms with E-state index in [4.69, 9.17) is 0 Å². The highest BCUT2D eigenvalue weighted by Gasteiger charge is 2.36. The predicted molar refractivity (Wildman–Crippen MR) is 118 cm³/mol. The van der Waals surface area contributed by atoms with Gasteiger partial charge in [0.15, 0.2) is 0 Å². The fourth-order valence-electron chi connectivity index (χ4n) is 4.77. The summed E-state index contributed by atoms with van der Waals surface area (Å²) in [7, 11) is -3.69. The summed E-state index contributed by atoms with van der Waals surface area (Å²) in [6.07, 6.45) is 3.23. The number of anilines is 1. The fourth-order valence-corrected chi connectivity index (χ4v) is 6.34. The first-order chi connectivity index (χ1) is 14.9. The van der Waals surface area contributed by atoms with Crippen molar-refractivity contribution >= 4 is 27.5 Å². The fraction of sp³-hybridized carbons (Fsp3) is 0.636. The maximum atomic E-state index is 13.4. The van der Waals surface area contributed by atoms with Gasteiger partial charge < -0.3 is 15.1 Å². The van der Waals surface area contributed by atoms with E-state index in [0.29, 0.717) is 51.0 Å². The van der Waals surface area contributed by atoms with Crippen molar-refractivity contribution in [1.29, 1.82) is 0 Å². The predicted octanol–water partition coefficient (Wildman–Crippen LogP) is 1.53. The van der Waals surface area contributed by atoms with Gasteiger partial charge in [-0.05, 0) is 56.0 Å². The van der Waals surface area contributed by atoms with Gasteiger partial charge in [0.1, 0.15) is 0 Å². The molecule has 2 amide bonds. The Morgan fingerprint density at radius 1 is 1.10 bits per heavy atom. The summed E-state index contributed by atoms with van der Waals surface area (Å²) in [4.78, 5) is 29.3. The maximum absolute atomic E-state index is 13.4. The lowest BCUT2D eigenvalue weighted by molar-refractivity contribution is -0.138. The molecule has 0 aliphatic carbocycles. The SMILES string of the molecule is CCN1CCN(C(=O)C2CCCN(S(=O)(=O)c3ccc4c(c3)CCCC(=O)N4)C2)CC1. The number of hydrogen-bond donors (Lipinski definition) is 1. The lowest BCUT2D eigenvalue weighted by Crippen LogP contribution is -2.52. The molecular weight excluding hydrogens is 416 g/mol. The Morgan fingerprint density at radius 2 is 1.87 bits per heavy atom. The summed E-state index contributed by atoms with van der Waals surface area (Å²) in [5.74, 6) is -0.233. The number of fused-ring (bicyclic) bond motifs is 1. The summed E-state index contributed by atoms with van der Waals surface area (Å²) in [6.45, 7) is 6.97. The van der Waals surface area contributed by atoms with E-state index >= 15 is 0 Å². The monoisotopic (exact) mass is 448 g/mol. The van der Waals surface area contributed by atoms with E-state index in [1.54, 1.807) is 18.2 Å². The van der Waals surface area contributed by atoms with Crippen molar-refractivity contribution in [2.45, 2.75) is 43.9 Å². The molecule has 8 nitrogen and oxygen atoms in total. The summed E-state index contributed by atoms with van der Waals surface area (Å²) in [6, 6.07) is 4.94.